The Morgan fingerprint density at radius 3 is 2.50 bits per heavy atom. The van der Waals surface area contributed by atoms with Crippen LogP contribution < -0.4 is 4.72 Å². The Hall–Kier alpha value is -1.99. The van der Waals surface area contributed by atoms with Gasteiger partial charge in [0.15, 0.2) is 5.78 Å². The van der Waals surface area contributed by atoms with Crippen molar-refractivity contribution in [3.05, 3.63) is 46.2 Å². The first kappa shape index (κ1) is 16.9. The van der Waals surface area contributed by atoms with E-state index in [0.29, 0.717) is 34.8 Å². The standard InChI is InChI=1S/C16H16ClN3O3S/c1-9-7-13-15(14(21)8-9)10(2)18-16(19-13)20-24(22,23)12-5-3-11(17)4-6-12/h3-6,9H,7-8H2,1-2H3,(H,18,19,20)/t9-/m1/s1. The van der Waals surface area contributed by atoms with Crippen LogP contribution in [-0.2, 0) is 16.4 Å². The van der Waals surface area contributed by atoms with Crippen LogP contribution in [0.2, 0.25) is 5.02 Å². The lowest BCUT2D eigenvalue weighted by atomic mass is 9.86. The van der Waals surface area contributed by atoms with Gasteiger partial charge in [0.1, 0.15) is 0 Å². The molecule has 0 radical (unpaired) electrons. The molecule has 1 N–H and O–H groups in total. The van der Waals surface area contributed by atoms with Crippen molar-refractivity contribution in [3.8, 4) is 0 Å². The highest BCUT2D eigenvalue weighted by Gasteiger charge is 2.27. The number of nitrogens with one attached hydrogen (secondary N) is 1. The maximum Gasteiger partial charge on any atom is 0.264 e. The normalized spacial score (nSPS) is 17.5. The molecule has 2 aromatic rings. The number of nitrogens with zero attached hydrogens (tertiary/aromatic N) is 2. The molecule has 0 saturated carbocycles. The van der Waals surface area contributed by atoms with Gasteiger partial charge in [-0.15, -0.1) is 0 Å². The molecule has 3 rings (SSSR count). The summed E-state index contributed by atoms with van der Waals surface area (Å²) in [5, 5.41) is 0.447. The van der Waals surface area contributed by atoms with Crippen molar-refractivity contribution in [1.82, 2.24) is 9.97 Å². The highest BCUT2D eigenvalue weighted by Crippen LogP contribution is 2.27. The van der Waals surface area contributed by atoms with E-state index in [9.17, 15) is 13.2 Å². The Morgan fingerprint density at radius 1 is 1.17 bits per heavy atom. The number of aryl methyl sites for hydroxylation is 1. The number of carbonyl (C=O) groups excluding carboxylic acids is 1. The van der Waals surface area contributed by atoms with Crippen LogP contribution in [0, 0.1) is 12.8 Å². The first-order valence-electron chi connectivity index (χ1n) is 7.45. The van der Waals surface area contributed by atoms with Crippen LogP contribution >= 0.6 is 11.6 Å². The maximum atomic E-state index is 12.4. The molecule has 8 heteroatoms. The summed E-state index contributed by atoms with van der Waals surface area (Å²) in [4.78, 5) is 20.6. The Labute approximate surface area is 145 Å². The Bertz CT molecular complexity index is 911. The number of carbonyl (C=O) groups is 1. The molecule has 0 spiro atoms. The molecule has 0 bridgehead atoms. The van der Waals surface area contributed by atoms with Crippen LogP contribution in [-0.4, -0.2) is 24.2 Å². The third-order valence-corrected chi connectivity index (χ3v) is 5.46. The van der Waals surface area contributed by atoms with Gasteiger partial charge in [0, 0.05) is 11.4 Å². The van der Waals surface area contributed by atoms with E-state index in [2.05, 4.69) is 14.7 Å². The van der Waals surface area contributed by atoms with Gasteiger partial charge in [-0.1, -0.05) is 18.5 Å². The Balaban J connectivity index is 1.96. The Morgan fingerprint density at radius 2 is 1.83 bits per heavy atom. The predicted octanol–water partition coefficient (Wildman–Crippen LogP) is 3.00. The minimum absolute atomic E-state index is 0.00774. The van der Waals surface area contributed by atoms with Crippen molar-refractivity contribution in [2.75, 3.05) is 4.72 Å². The molecule has 1 atom stereocenters. The molecule has 6 nitrogen and oxygen atoms in total. The van der Waals surface area contributed by atoms with Gasteiger partial charge in [-0.3, -0.25) is 4.79 Å². The first-order valence-corrected chi connectivity index (χ1v) is 9.31. The van der Waals surface area contributed by atoms with Gasteiger partial charge in [-0.25, -0.2) is 23.1 Å². The topological polar surface area (TPSA) is 89.0 Å². The van der Waals surface area contributed by atoms with E-state index in [0.717, 1.165) is 0 Å². The number of hydrogen-bond acceptors (Lipinski definition) is 5. The van der Waals surface area contributed by atoms with E-state index in [-0.39, 0.29) is 22.5 Å². The van der Waals surface area contributed by atoms with E-state index in [4.69, 9.17) is 11.6 Å². The van der Waals surface area contributed by atoms with Crippen molar-refractivity contribution in [2.45, 2.75) is 31.6 Å². The molecular weight excluding hydrogens is 350 g/mol. The largest absolute Gasteiger partial charge is 0.294 e. The van der Waals surface area contributed by atoms with Crippen LogP contribution in [0.4, 0.5) is 5.95 Å². The molecule has 0 unspecified atom stereocenters. The predicted molar refractivity (Wildman–Crippen MR) is 90.8 cm³/mol. The summed E-state index contributed by atoms with van der Waals surface area (Å²) in [6.07, 6.45) is 1.09. The van der Waals surface area contributed by atoms with Gasteiger partial charge in [0.05, 0.1) is 21.8 Å². The second-order valence-corrected chi connectivity index (χ2v) is 8.07. The summed E-state index contributed by atoms with van der Waals surface area (Å²) >= 11 is 5.78. The van der Waals surface area contributed by atoms with Gasteiger partial charge in [-0.05, 0) is 43.5 Å². The lowest BCUT2D eigenvalue weighted by Gasteiger charge is -2.21. The number of benzene rings is 1. The number of sulfonamides is 1. The molecule has 1 aromatic carbocycles. The number of anilines is 1. The summed E-state index contributed by atoms with van der Waals surface area (Å²) in [5.74, 6) is 0.163. The Kier molecular flexibility index (Phi) is 4.31. The molecule has 0 amide bonds. The van der Waals surface area contributed by atoms with Crippen LogP contribution in [0.25, 0.3) is 0 Å². The van der Waals surface area contributed by atoms with Crippen molar-refractivity contribution < 1.29 is 13.2 Å². The third kappa shape index (κ3) is 3.27. The molecule has 1 aliphatic carbocycles. The molecule has 126 valence electrons. The highest BCUT2D eigenvalue weighted by molar-refractivity contribution is 7.92. The molecule has 0 fully saturated rings. The molecule has 1 aromatic heterocycles. The average molecular weight is 366 g/mol. The van der Waals surface area contributed by atoms with Crippen molar-refractivity contribution in [1.29, 1.82) is 0 Å². The number of hydrogen-bond donors (Lipinski definition) is 1. The maximum absolute atomic E-state index is 12.4. The summed E-state index contributed by atoms with van der Waals surface area (Å²) in [6, 6.07) is 5.80. The molecule has 1 aliphatic rings. The zero-order chi connectivity index (χ0) is 17.5. The zero-order valence-corrected chi connectivity index (χ0v) is 14.8. The number of fused-ring (bicyclic) bond motifs is 1. The lowest BCUT2D eigenvalue weighted by molar-refractivity contribution is 0.0951. The smallest absolute Gasteiger partial charge is 0.264 e. The first-order chi connectivity index (χ1) is 11.3. The van der Waals surface area contributed by atoms with Gasteiger partial charge < -0.3 is 0 Å². The number of halogens is 1. The fourth-order valence-corrected chi connectivity index (χ4v) is 3.87. The van der Waals surface area contributed by atoms with Gasteiger partial charge >= 0.3 is 0 Å². The number of rotatable bonds is 3. The molecule has 1 heterocycles. The molecular formula is C16H16ClN3O3S. The number of ketones is 1. The van der Waals surface area contributed by atoms with Gasteiger partial charge in [-0.2, -0.15) is 0 Å². The fraction of sp³-hybridized carbons (Fsp3) is 0.312. The van der Waals surface area contributed by atoms with Gasteiger partial charge in [0.25, 0.3) is 10.0 Å². The third-order valence-electron chi connectivity index (χ3n) is 3.87. The number of aromatic nitrogens is 2. The number of Topliss-reactive ketones (excluding diaryl/α,β-unsaturated/α-hetero) is 1. The van der Waals surface area contributed by atoms with Crippen LogP contribution in [0.1, 0.15) is 35.1 Å². The van der Waals surface area contributed by atoms with Crippen LogP contribution in [0.15, 0.2) is 29.2 Å². The average Bonchev–Trinajstić information content (AvgIpc) is 2.45. The molecule has 0 aliphatic heterocycles. The zero-order valence-electron chi connectivity index (χ0n) is 13.2. The highest BCUT2D eigenvalue weighted by atomic mass is 35.5. The van der Waals surface area contributed by atoms with E-state index in [1.165, 1.54) is 24.3 Å². The second kappa shape index (κ2) is 6.14. The monoisotopic (exact) mass is 365 g/mol. The quantitative estimate of drug-likeness (QED) is 0.903. The van der Waals surface area contributed by atoms with E-state index >= 15 is 0 Å². The second-order valence-electron chi connectivity index (χ2n) is 5.95. The summed E-state index contributed by atoms with van der Waals surface area (Å²) in [5.41, 5.74) is 1.60. The molecule has 24 heavy (non-hydrogen) atoms. The van der Waals surface area contributed by atoms with Gasteiger partial charge in [0.2, 0.25) is 5.95 Å². The summed E-state index contributed by atoms with van der Waals surface area (Å²) in [7, 11) is -3.82. The van der Waals surface area contributed by atoms with E-state index in [1.54, 1.807) is 6.92 Å². The SMILES string of the molecule is Cc1nc(NS(=O)(=O)c2ccc(Cl)cc2)nc2c1C(=O)C[C@H](C)C2. The minimum Gasteiger partial charge on any atom is -0.294 e. The summed E-state index contributed by atoms with van der Waals surface area (Å²) < 4.78 is 27.2. The lowest BCUT2D eigenvalue weighted by Crippen LogP contribution is -2.23. The molecule has 0 saturated heterocycles. The van der Waals surface area contributed by atoms with Crippen molar-refractivity contribution >= 4 is 33.4 Å². The van der Waals surface area contributed by atoms with E-state index < -0.39 is 10.0 Å². The van der Waals surface area contributed by atoms with Crippen LogP contribution in [0.3, 0.4) is 0 Å². The minimum atomic E-state index is -3.82. The van der Waals surface area contributed by atoms with Crippen molar-refractivity contribution in [3.63, 3.8) is 0 Å². The fourth-order valence-electron chi connectivity index (χ4n) is 2.80. The van der Waals surface area contributed by atoms with Crippen molar-refractivity contribution in [2.24, 2.45) is 5.92 Å². The van der Waals surface area contributed by atoms with E-state index in [1.807, 2.05) is 6.92 Å². The summed E-state index contributed by atoms with van der Waals surface area (Å²) in [6.45, 7) is 3.66. The van der Waals surface area contributed by atoms with Crippen LogP contribution in [0.5, 0.6) is 0 Å².